The number of hydrogen-bond donors (Lipinski definition) is 0. The predicted octanol–water partition coefficient (Wildman–Crippen LogP) is 1.93. The van der Waals surface area contributed by atoms with Crippen molar-refractivity contribution in [3.8, 4) is 0 Å². The summed E-state index contributed by atoms with van der Waals surface area (Å²) in [6, 6.07) is 2.26. The third-order valence-electron chi connectivity index (χ3n) is 2.19. The fourth-order valence-electron chi connectivity index (χ4n) is 1.39. The van der Waals surface area contributed by atoms with Crippen molar-refractivity contribution in [3.63, 3.8) is 0 Å². The Balaban J connectivity index is 3.64. The molecule has 0 rings (SSSR count). The first kappa shape index (κ1) is 14.4. The second kappa shape index (κ2) is 9.92. The minimum absolute atomic E-state index is 0.323. The molecule has 0 heterocycles. The lowest BCUT2D eigenvalue weighted by Gasteiger charge is -2.13. The molecule has 15 heavy (non-hydrogen) atoms. The normalized spacial score (nSPS) is 12.1. The van der Waals surface area contributed by atoms with Gasteiger partial charge in [0.1, 0.15) is 0 Å². The van der Waals surface area contributed by atoms with Crippen LogP contribution in [-0.4, -0.2) is 34.2 Å². The Morgan fingerprint density at radius 1 is 1.40 bits per heavy atom. The molecule has 0 saturated heterocycles. The average Bonchev–Trinajstić information content (AvgIpc) is 2.25. The summed E-state index contributed by atoms with van der Waals surface area (Å²) in [5.74, 6) is -0.323. The van der Waals surface area contributed by atoms with Gasteiger partial charge in [0, 0.05) is 18.9 Å². The Kier molecular flexibility index (Phi) is 9.52. The molecule has 4 heteroatoms. The Bertz CT molecular complexity index is 183. The summed E-state index contributed by atoms with van der Waals surface area (Å²) in [4.78, 5) is 10.8. The number of esters is 1. The lowest BCUT2D eigenvalue weighted by molar-refractivity contribution is -0.137. The zero-order valence-electron chi connectivity index (χ0n) is 9.83. The topological polar surface area (TPSA) is 35.5 Å². The van der Waals surface area contributed by atoms with Gasteiger partial charge in [0.25, 0.3) is 0 Å². The first-order valence-corrected chi connectivity index (χ1v) is 8.06. The molecule has 0 spiro atoms. The van der Waals surface area contributed by atoms with E-state index in [0.29, 0.717) is 6.61 Å². The van der Waals surface area contributed by atoms with Gasteiger partial charge in [-0.3, -0.25) is 0 Å². The quantitative estimate of drug-likeness (QED) is 0.345. The number of rotatable bonds is 9. The van der Waals surface area contributed by atoms with Crippen molar-refractivity contribution in [1.29, 1.82) is 0 Å². The summed E-state index contributed by atoms with van der Waals surface area (Å²) in [6.07, 6.45) is 3.30. The van der Waals surface area contributed by atoms with Crippen LogP contribution in [0.1, 0.15) is 20.3 Å². The van der Waals surface area contributed by atoms with E-state index in [1.165, 1.54) is 18.5 Å². The van der Waals surface area contributed by atoms with Gasteiger partial charge in [0.05, 0.1) is 15.4 Å². The largest absolute Gasteiger partial charge is 0.463 e. The molecule has 0 aromatic heterocycles. The lowest BCUT2D eigenvalue weighted by atomic mass is 10.6. The van der Waals surface area contributed by atoms with Gasteiger partial charge in [-0.25, -0.2) is 4.79 Å². The van der Waals surface area contributed by atoms with Crippen LogP contribution >= 0.6 is 0 Å². The zero-order valence-corrected chi connectivity index (χ0v) is 11.0. The van der Waals surface area contributed by atoms with E-state index >= 15 is 0 Å². The molecule has 0 aliphatic heterocycles. The van der Waals surface area contributed by atoms with Crippen LogP contribution in [0.2, 0.25) is 12.1 Å². The van der Waals surface area contributed by atoms with E-state index in [-0.39, 0.29) is 5.97 Å². The molecule has 0 radical (unpaired) electrons. The molecule has 88 valence electrons. The van der Waals surface area contributed by atoms with Crippen molar-refractivity contribution in [2.24, 2.45) is 0 Å². The molecule has 0 amide bonds. The summed E-state index contributed by atoms with van der Waals surface area (Å²) in [7, 11) is -0.855. The maximum atomic E-state index is 10.8. The minimum atomic E-state index is -0.855. The molecule has 0 aromatic carbocycles. The Hall–Kier alpha value is -0.613. The van der Waals surface area contributed by atoms with E-state index < -0.39 is 8.80 Å². The van der Waals surface area contributed by atoms with Crippen molar-refractivity contribution < 1.29 is 14.3 Å². The van der Waals surface area contributed by atoms with Crippen LogP contribution in [0.4, 0.5) is 0 Å². The molecule has 0 fully saturated rings. The monoisotopic (exact) mass is 230 g/mol. The van der Waals surface area contributed by atoms with E-state index in [1.807, 2.05) is 6.92 Å². The molecule has 0 aliphatic rings. The fraction of sp³-hybridized carbons (Fsp3) is 0.727. The fourth-order valence-corrected chi connectivity index (χ4v) is 3.85. The summed E-state index contributed by atoms with van der Waals surface area (Å²) in [5, 5.41) is 0. The van der Waals surface area contributed by atoms with Crippen LogP contribution in [0, 0.1) is 0 Å². The molecule has 0 saturated carbocycles. The molecule has 0 aromatic rings. The van der Waals surface area contributed by atoms with Gasteiger partial charge < -0.3 is 9.47 Å². The third-order valence-corrected chi connectivity index (χ3v) is 5.34. The number of carbonyl (C=O) groups excluding carboxylic acids is 1. The highest BCUT2D eigenvalue weighted by Gasteiger charge is 2.10. The number of ether oxygens (including phenoxy) is 2. The van der Waals surface area contributed by atoms with E-state index in [1.54, 1.807) is 0 Å². The van der Waals surface area contributed by atoms with Crippen molar-refractivity contribution in [2.45, 2.75) is 32.4 Å². The standard InChI is InChI=1S/C11H22O3Si/c1-4-8-15(10-13-6-3)9-7-14-11(12)5-2/h5,15H,2,4,6-10H2,1,3H3. The number of carbonyl (C=O) groups is 1. The van der Waals surface area contributed by atoms with E-state index in [2.05, 4.69) is 13.5 Å². The second-order valence-corrected chi connectivity index (χ2v) is 6.69. The van der Waals surface area contributed by atoms with Gasteiger partial charge in [-0.15, -0.1) is 0 Å². The zero-order chi connectivity index (χ0) is 11.5. The Labute approximate surface area is 94.1 Å². The highest BCUT2D eigenvalue weighted by Crippen LogP contribution is 2.04. The maximum absolute atomic E-state index is 10.8. The maximum Gasteiger partial charge on any atom is 0.330 e. The summed E-state index contributed by atoms with van der Waals surface area (Å²) < 4.78 is 10.4. The smallest absolute Gasteiger partial charge is 0.330 e. The minimum Gasteiger partial charge on any atom is -0.463 e. The summed E-state index contributed by atoms with van der Waals surface area (Å²) in [6.45, 7) is 8.85. The molecule has 3 nitrogen and oxygen atoms in total. The van der Waals surface area contributed by atoms with E-state index in [9.17, 15) is 4.79 Å². The Morgan fingerprint density at radius 2 is 2.13 bits per heavy atom. The molecule has 1 unspecified atom stereocenters. The molecular formula is C11H22O3Si. The Morgan fingerprint density at radius 3 is 2.67 bits per heavy atom. The molecule has 0 N–H and O–H groups in total. The van der Waals surface area contributed by atoms with Crippen LogP contribution < -0.4 is 0 Å². The van der Waals surface area contributed by atoms with Crippen LogP contribution in [-0.2, 0) is 14.3 Å². The highest BCUT2D eigenvalue weighted by atomic mass is 28.3. The van der Waals surface area contributed by atoms with Gasteiger partial charge in [-0.1, -0.05) is 26.0 Å². The van der Waals surface area contributed by atoms with Crippen molar-refractivity contribution in [1.82, 2.24) is 0 Å². The second-order valence-electron chi connectivity index (χ2n) is 3.47. The van der Waals surface area contributed by atoms with Crippen LogP contribution in [0.3, 0.4) is 0 Å². The van der Waals surface area contributed by atoms with Gasteiger partial charge in [0.15, 0.2) is 0 Å². The molecule has 0 aliphatic carbocycles. The van der Waals surface area contributed by atoms with Gasteiger partial charge >= 0.3 is 5.97 Å². The first-order valence-electron chi connectivity index (χ1n) is 5.61. The van der Waals surface area contributed by atoms with Crippen LogP contribution in [0.25, 0.3) is 0 Å². The van der Waals surface area contributed by atoms with E-state index in [0.717, 1.165) is 18.9 Å². The molecular weight excluding hydrogens is 208 g/mol. The van der Waals surface area contributed by atoms with Gasteiger partial charge in [-0.05, 0) is 13.0 Å². The summed E-state index contributed by atoms with van der Waals surface area (Å²) >= 11 is 0. The van der Waals surface area contributed by atoms with Gasteiger partial charge in [0.2, 0.25) is 0 Å². The van der Waals surface area contributed by atoms with Crippen molar-refractivity contribution >= 4 is 14.8 Å². The predicted molar refractivity (Wildman–Crippen MR) is 64.7 cm³/mol. The average molecular weight is 230 g/mol. The SMILES string of the molecule is C=CC(=O)OCC[SiH](CCC)COCC. The lowest BCUT2D eigenvalue weighted by Crippen LogP contribution is -2.23. The van der Waals surface area contributed by atoms with Crippen LogP contribution in [0.15, 0.2) is 12.7 Å². The first-order chi connectivity index (χ1) is 7.24. The summed E-state index contributed by atoms with van der Waals surface area (Å²) in [5.41, 5.74) is 0. The molecule has 1 atom stereocenters. The van der Waals surface area contributed by atoms with Gasteiger partial charge in [-0.2, -0.15) is 0 Å². The van der Waals surface area contributed by atoms with Crippen molar-refractivity contribution in [3.05, 3.63) is 12.7 Å². The van der Waals surface area contributed by atoms with Crippen LogP contribution in [0.5, 0.6) is 0 Å². The van der Waals surface area contributed by atoms with Crippen molar-refractivity contribution in [2.75, 3.05) is 19.4 Å². The molecule has 0 bridgehead atoms. The third kappa shape index (κ3) is 8.39. The van der Waals surface area contributed by atoms with E-state index in [4.69, 9.17) is 9.47 Å². The number of hydrogen-bond acceptors (Lipinski definition) is 3. The highest BCUT2D eigenvalue weighted by molar-refractivity contribution is 6.58.